The average Bonchev–Trinajstić information content (AvgIpc) is 2.49. The summed E-state index contributed by atoms with van der Waals surface area (Å²) in [5.41, 5.74) is 1.90. The molecule has 112 valence electrons. The molecule has 0 spiro atoms. The zero-order valence-corrected chi connectivity index (χ0v) is 13.2. The smallest absolute Gasteiger partial charge is 0.163 e. The molecule has 4 heteroatoms. The first kappa shape index (κ1) is 16.0. The predicted molar refractivity (Wildman–Crippen MR) is 84.8 cm³/mol. The van der Waals surface area contributed by atoms with Gasteiger partial charge in [0.1, 0.15) is 0 Å². The van der Waals surface area contributed by atoms with Gasteiger partial charge in [0.2, 0.25) is 0 Å². The van der Waals surface area contributed by atoms with Crippen LogP contribution in [0.4, 0.5) is 8.78 Å². The Morgan fingerprint density at radius 1 is 1.00 bits per heavy atom. The van der Waals surface area contributed by atoms with Crippen LogP contribution in [-0.2, 0) is 0 Å². The fourth-order valence-corrected chi connectivity index (χ4v) is 3.31. The van der Waals surface area contributed by atoms with Crippen molar-refractivity contribution in [1.29, 1.82) is 0 Å². The highest BCUT2D eigenvalue weighted by Gasteiger charge is 2.18. The van der Waals surface area contributed by atoms with Gasteiger partial charge in [-0.05, 0) is 38.1 Å². The molecule has 1 N–H and O–H groups in total. The first-order chi connectivity index (χ1) is 10.0. The Kier molecular flexibility index (Phi) is 5.37. The van der Waals surface area contributed by atoms with E-state index < -0.39 is 11.6 Å². The van der Waals surface area contributed by atoms with Gasteiger partial charge in [0, 0.05) is 22.3 Å². The highest BCUT2D eigenvalue weighted by atomic mass is 32.2. The second-order valence-electron chi connectivity index (χ2n) is 5.02. The summed E-state index contributed by atoms with van der Waals surface area (Å²) in [6.07, 6.45) is 0. The van der Waals surface area contributed by atoms with Gasteiger partial charge in [0.25, 0.3) is 0 Å². The normalized spacial score (nSPS) is 12.4. The van der Waals surface area contributed by atoms with E-state index in [9.17, 15) is 8.78 Å². The van der Waals surface area contributed by atoms with Crippen LogP contribution in [0.3, 0.4) is 0 Å². The molecule has 0 aromatic heterocycles. The minimum atomic E-state index is -0.756. The van der Waals surface area contributed by atoms with Gasteiger partial charge in [-0.15, -0.1) is 11.8 Å². The zero-order valence-electron chi connectivity index (χ0n) is 12.4. The molecule has 0 heterocycles. The maximum Gasteiger partial charge on any atom is 0.163 e. The lowest BCUT2D eigenvalue weighted by atomic mass is 10.1. The lowest BCUT2D eigenvalue weighted by molar-refractivity contribution is 0.479. The van der Waals surface area contributed by atoms with E-state index in [1.165, 1.54) is 5.56 Å². The molecule has 0 bridgehead atoms. The quantitative estimate of drug-likeness (QED) is 0.808. The molecule has 0 fully saturated rings. The van der Waals surface area contributed by atoms with Crippen molar-refractivity contribution in [1.82, 2.24) is 5.32 Å². The third-order valence-corrected chi connectivity index (χ3v) is 4.80. The lowest BCUT2D eigenvalue weighted by Crippen LogP contribution is -2.20. The minimum Gasteiger partial charge on any atom is -0.312 e. The first-order valence-electron chi connectivity index (χ1n) is 6.84. The fraction of sp³-hybridized carbons (Fsp3) is 0.294. The first-order valence-corrected chi connectivity index (χ1v) is 7.83. The summed E-state index contributed by atoms with van der Waals surface area (Å²) in [5, 5.41) is 3.07. The Balaban J connectivity index is 2.18. The summed E-state index contributed by atoms with van der Waals surface area (Å²) in [7, 11) is 1.76. The van der Waals surface area contributed by atoms with Crippen molar-refractivity contribution < 1.29 is 8.78 Å². The molecule has 1 atom stereocenters. The summed E-state index contributed by atoms with van der Waals surface area (Å²) in [6, 6.07) is 11.1. The van der Waals surface area contributed by atoms with Crippen molar-refractivity contribution in [3.05, 3.63) is 64.7 Å². The average molecular weight is 307 g/mol. The van der Waals surface area contributed by atoms with Crippen LogP contribution in [0.1, 0.15) is 22.7 Å². The van der Waals surface area contributed by atoms with Gasteiger partial charge in [-0.3, -0.25) is 0 Å². The third-order valence-electron chi connectivity index (χ3n) is 3.53. The van der Waals surface area contributed by atoms with Crippen LogP contribution in [0.2, 0.25) is 0 Å². The molecule has 0 aliphatic rings. The SMILES string of the molecule is CNC(CSc1ccccc1C)c1ccc(C)c(F)c1F. The molecule has 21 heavy (non-hydrogen) atoms. The van der Waals surface area contributed by atoms with Gasteiger partial charge in [-0.2, -0.15) is 0 Å². The van der Waals surface area contributed by atoms with Crippen LogP contribution in [-0.4, -0.2) is 12.8 Å². The van der Waals surface area contributed by atoms with Crippen LogP contribution < -0.4 is 5.32 Å². The second kappa shape index (κ2) is 7.05. The number of thioether (sulfide) groups is 1. The van der Waals surface area contributed by atoms with E-state index in [1.54, 1.807) is 37.9 Å². The van der Waals surface area contributed by atoms with E-state index in [-0.39, 0.29) is 6.04 Å². The van der Waals surface area contributed by atoms with Gasteiger partial charge in [-0.1, -0.05) is 30.3 Å². The Hall–Kier alpha value is -1.39. The summed E-state index contributed by atoms with van der Waals surface area (Å²) in [4.78, 5) is 1.16. The van der Waals surface area contributed by atoms with Crippen molar-refractivity contribution in [3.63, 3.8) is 0 Å². The number of hydrogen-bond acceptors (Lipinski definition) is 2. The maximum absolute atomic E-state index is 14.1. The fourth-order valence-electron chi connectivity index (χ4n) is 2.15. The minimum absolute atomic E-state index is 0.232. The molecule has 1 nitrogen and oxygen atoms in total. The maximum atomic E-state index is 14.1. The van der Waals surface area contributed by atoms with E-state index in [0.717, 1.165) is 4.90 Å². The number of benzene rings is 2. The van der Waals surface area contributed by atoms with Crippen LogP contribution in [0.25, 0.3) is 0 Å². The molecule has 0 aliphatic carbocycles. The van der Waals surface area contributed by atoms with Gasteiger partial charge < -0.3 is 5.32 Å². The summed E-state index contributed by atoms with van der Waals surface area (Å²) >= 11 is 1.64. The molecule has 0 amide bonds. The molecule has 0 aliphatic heterocycles. The molecule has 0 radical (unpaired) electrons. The molecular weight excluding hydrogens is 288 g/mol. The second-order valence-corrected chi connectivity index (χ2v) is 6.08. The molecule has 1 unspecified atom stereocenters. The van der Waals surface area contributed by atoms with Gasteiger partial charge >= 0.3 is 0 Å². The van der Waals surface area contributed by atoms with E-state index in [2.05, 4.69) is 5.32 Å². The highest BCUT2D eigenvalue weighted by Crippen LogP contribution is 2.29. The number of rotatable bonds is 5. The highest BCUT2D eigenvalue weighted by molar-refractivity contribution is 7.99. The number of hydrogen-bond donors (Lipinski definition) is 1. The molecule has 0 saturated heterocycles. The molecule has 0 saturated carbocycles. The lowest BCUT2D eigenvalue weighted by Gasteiger charge is -2.18. The number of halogens is 2. The monoisotopic (exact) mass is 307 g/mol. The standard InChI is InChI=1S/C17H19F2NS/c1-11-6-4-5-7-15(11)21-10-14(20-3)13-9-8-12(2)16(18)17(13)19/h4-9,14,20H,10H2,1-3H3. The molecule has 2 aromatic carbocycles. The van der Waals surface area contributed by atoms with Crippen LogP contribution in [0, 0.1) is 25.5 Å². The van der Waals surface area contributed by atoms with E-state index in [4.69, 9.17) is 0 Å². The Bertz CT molecular complexity index is 628. The van der Waals surface area contributed by atoms with Crippen molar-refractivity contribution in [2.75, 3.05) is 12.8 Å². The van der Waals surface area contributed by atoms with Crippen molar-refractivity contribution >= 4 is 11.8 Å². The Labute approximate surface area is 128 Å². The van der Waals surface area contributed by atoms with Crippen molar-refractivity contribution in [3.8, 4) is 0 Å². The molecule has 2 rings (SSSR count). The largest absolute Gasteiger partial charge is 0.312 e. The van der Waals surface area contributed by atoms with Crippen molar-refractivity contribution in [2.45, 2.75) is 24.8 Å². The van der Waals surface area contributed by atoms with Crippen LogP contribution in [0.15, 0.2) is 41.3 Å². The molecule has 2 aromatic rings. The predicted octanol–water partition coefficient (Wildman–Crippen LogP) is 4.63. The number of nitrogens with one attached hydrogen (secondary N) is 1. The summed E-state index contributed by atoms with van der Waals surface area (Å²) in [6.45, 7) is 3.61. The van der Waals surface area contributed by atoms with Crippen LogP contribution >= 0.6 is 11.8 Å². The Morgan fingerprint density at radius 2 is 1.71 bits per heavy atom. The van der Waals surface area contributed by atoms with E-state index >= 15 is 0 Å². The van der Waals surface area contributed by atoms with Gasteiger partial charge in [-0.25, -0.2) is 8.78 Å². The summed E-state index contributed by atoms with van der Waals surface area (Å²) in [5.74, 6) is -0.866. The number of aryl methyl sites for hydroxylation is 2. The van der Waals surface area contributed by atoms with Gasteiger partial charge in [0.05, 0.1) is 0 Å². The third kappa shape index (κ3) is 3.63. The van der Waals surface area contributed by atoms with Gasteiger partial charge in [0.15, 0.2) is 11.6 Å². The van der Waals surface area contributed by atoms with Crippen molar-refractivity contribution in [2.24, 2.45) is 0 Å². The molecular formula is C17H19F2NS. The summed E-state index contributed by atoms with van der Waals surface area (Å²) < 4.78 is 27.8. The van der Waals surface area contributed by atoms with Crippen LogP contribution in [0.5, 0.6) is 0 Å². The van der Waals surface area contributed by atoms with E-state index in [1.807, 2.05) is 31.2 Å². The topological polar surface area (TPSA) is 12.0 Å². The Morgan fingerprint density at radius 3 is 2.38 bits per heavy atom. The van der Waals surface area contributed by atoms with E-state index in [0.29, 0.717) is 16.9 Å². The zero-order chi connectivity index (χ0) is 15.4.